The van der Waals surface area contributed by atoms with Crippen LogP contribution in [0.15, 0.2) is 12.1 Å². The summed E-state index contributed by atoms with van der Waals surface area (Å²) in [7, 11) is 0. The van der Waals surface area contributed by atoms with E-state index in [1.807, 2.05) is 6.92 Å². The highest BCUT2D eigenvalue weighted by atomic mass is 16.4. The van der Waals surface area contributed by atoms with E-state index in [-0.39, 0.29) is 0 Å². The average molecular weight is 237 g/mol. The SMILES string of the molecule is Cc1ccc(NC(=O)N[C@@H](C)C(=O)O)c(C)n1. The molecule has 1 atom stereocenters. The van der Waals surface area contributed by atoms with Crippen molar-refractivity contribution in [3.63, 3.8) is 0 Å². The van der Waals surface area contributed by atoms with Crippen molar-refractivity contribution in [2.45, 2.75) is 26.8 Å². The predicted octanol–water partition coefficient (Wildman–Crippen LogP) is 1.29. The number of amides is 2. The Morgan fingerprint density at radius 2 is 2.00 bits per heavy atom. The molecule has 1 aromatic heterocycles. The van der Waals surface area contributed by atoms with E-state index in [1.54, 1.807) is 19.1 Å². The molecule has 1 aromatic rings. The standard InChI is InChI=1S/C11H15N3O3/c1-6-4-5-9(7(2)12-6)14-11(17)13-8(3)10(15)16/h4-5,8H,1-3H3,(H,15,16)(H2,13,14,17)/t8-/m0/s1. The van der Waals surface area contributed by atoms with Crippen LogP contribution in [0.2, 0.25) is 0 Å². The number of carboxylic acid groups (broad SMARTS) is 1. The van der Waals surface area contributed by atoms with Crippen molar-refractivity contribution < 1.29 is 14.7 Å². The van der Waals surface area contributed by atoms with Gasteiger partial charge < -0.3 is 15.7 Å². The van der Waals surface area contributed by atoms with E-state index in [2.05, 4.69) is 15.6 Å². The fourth-order valence-electron chi connectivity index (χ4n) is 1.24. The summed E-state index contributed by atoms with van der Waals surface area (Å²) in [5.74, 6) is -1.08. The summed E-state index contributed by atoms with van der Waals surface area (Å²) < 4.78 is 0. The lowest BCUT2D eigenvalue weighted by Gasteiger charge is -2.12. The molecule has 17 heavy (non-hydrogen) atoms. The van der Waals surface area contributed by atoms with Crippen LogP contribution in [-0.2, 0) is 4.79 Å². The van der Waals surface area contributed by atoms with Crippen LogP contribution >= 0.6 is 0 Å². The predicted molar refractivity (Wildman–Crippen MR) is 63.0 cm³/mol. The van der Waals surface area contributed by atoms with Gasteiger partial charge in [-0.2, -0.15) is 0 Å². The number of aryl methyl sites for hydroxylation is 2. The van der Waals surface area contributed by atoms with Gasteiger partial charge in [0.2, 0.25) is 0 Å². The molecule has 0 unspecified atom stereocenters. The summed E-state index contributed by atoms with van der Waals surface area (Å²) in [4.78, 5) is 26.2. The zero-order valence-corrected chi connectivity index (χ0v) is 9.94. The molecule has 0 saturated heterocycles. The normalized spacial score (nSPS) is 11.7. The molecule has 0 spiro atoms. The Labute approximate surface area is 99.1 Å². The monoisotopic (exact) mass is 237 g/mol. The number of anilines is 1. The number of aromatic nitrogens is 1. The van der Waals surface area contributed by atoms with Crippen molar-refractivity contribution in [2.24, 2.45) is 0 Å². The first kappa shape index (κ1) is 13.0. The number of hydrogen-bond donors (Lipinski definition) is 3. The highest BCUT2D eigenvalue weighted by Crippen LogP contribution is 2.12. The minimum atomic E-state index is -1.08. The van der Waals surface area contributed by atoms with Crippen LogP contribution in [0.4, 0.5) is 10.5 Å². The quantitative estimate of drug-likeness (QED) is 0.738. The van der Waals surface area contributed by atoms with Gasteiger partial charge in [-0.05, 0) is 32.9 Å². The molecule has 2 amide bonds. The van der Waals surface area contributed by atoms with E-state index in [0.717, 1.165) is 5.69 Å². The molecule has 0 aliphatic rings. The molecule has 6 nitrogen and oxygen atoms in total. The molecule has 1 heterocycles. The highest BCUT2D eigenvalue weighted by Gasteiger charge is 2.14. The van der Waals surface area contributed by atoms with Crippen molar-refractivity contribution in [1.29, 1.82) is 0 Å². The third-order valence-corrected chi connectivity index (χ3v) is 2.19. The number of carbonyl (C=O) groups is 2. The van der Waals surface area contributed by atoms with E-state index < -0.39 is 18.0 Å². The van der Waals surface area contributed by atoms with Crippen LogP contribution in [0.1, 0.15) is 18.3 Å². The number of carboxylic acids is 1. The molecule has 92 valence electrons. The molecular formula is C11H15N3O3. The number of carbonyl (C=O) groups excluding carboxylic acids is 1. The van der Waals surface area contributed by atoms with E-state index in [1.165, 1.54) is 6.92 Å². The van der Waals surface area contributed by atoms with Gasteiger partial charge >= 0.3 is 12.0 Å². The van der Waals surface area contributed by atoms with Crippen LogP contribution in [0.3, 0.4) is 0 Å². The van der Waals surface area contributed by atoms with Gasteiger partial charge in [0.05, 0.1) is 11.4 Å². The fraction of sp³-hybridized carbons (Fsp3) is 0.364. The summed E-state index contributed by atoms with van der Waals surface area (Å²) in [6.07, 6.45) is 0. The number of urea groups is 1. The zero-order valence-electron chi connectivity index (χ0n) is 9.94. The molecule has 1 rings (SSSR count). The smallest absolute Gasteiger partial charge is 0.325 e. The van der Waals surface area contributed by atoms with Crippen LogP contribution < -0.4 is 10.6 Å². The van der Waals surface area contributed by atoms with Gasteiger partial charge in [0.15, 0.2) is 0 Å². The molecule has 0 aromatic carbocycles. The van der Waals surface area contributed by atoms with E-state index in [0.29, 0.717) is 11.4 Å². The maximum absolute atomic E-state index is 11.5. The van der Waals surface area contributed by atoms with Gasteiger partial charge in [-0.1, -0.05) is 0 Å². The average Bonchev–Trinajstić information content (AvgIpc) is 2.22. The maximum Gasteiger partial charge on any atom is 0.325 e. The highest BCUT2D eigenvalue weighted by molar-refractivity contribution is 5.92. The molecule has 0 aliphatic heterocycles. The third kappa shape index (κ3) is 3.75. The molecule has 3 N–H and O–H groups in total. The maximum atomic E-state index is 11.5. The van der Waals surface area contributed by atoms with Crippen molar-refractivity contribution in [3.8, 4) is 0 Å². The summed E-state index contributed by atoms with van der Waals surface area (Å²) in [5, 5.41) is 13.5. The number of nitrogens with one attached hydrogen (secondary N) is 2. The Hall–Kier alpha value is -2.11. The molecule has 0 bridgehead atoms. The summed E-state index contributed by atoms with van der Waals surface area (Å²) in [6.45, 7) is 5.01. The first-order valence-electron chi connectivity index (χ1n) is 5.14. The molecule has 0 radical (unpaired) electrons. The molecule has 0 aliphatic carbocycles. The van der Waals surface area contributed by atoms with Gasteiger partial charge in [-0.15, -0.1) is 0 Å². The van der Waals surface area contributed by atoms with Crippen molar-refractivity contribution in [3.05, 3.63) is 23.5 Å². The summed E-state index contributed by atoms with van der Waals surface area (Å²) >= 11 is 0. The lowest BCUT2D eigenvalue weighted by molar-refractivity contribution is -0.138. The lowest BCUT2D eigenvalue weighted by Crippen LogP contribution is -2.41. The van der Waals surface area contributed by atoms with Gasteiger partial charge in [0, 0.05) is 5.69 Å². The Kier molecular flexibility index (Phi) is 4.03. The first-order chi connectivity index (χ1) is 7.90. The van der Waals surface area contributed by atoms with Crippen molar-refractivity contribution in [2.75, 3.05) is 5.32 Å². The number of nitrogens with zero attached hydrogens (tertiary/aromatic N) is 1. The van der Waals surface area contributed by atoms with Crippen molar-refractivity contribution in [1.82, 2.24) is 10.3 Å². The van der Waals surface area contributed by atoms with Gasteiger partial charge in [0.1, 0.15) is 6.04 Å². The molecule has 6 heteroatoms. The topological polar surface area (TPSA) is 91.3 Å². The fourth-order valence-corrected chi connectivity index (χ4v) is 1.24. The van der Waals surface area contributed by atoms with Crippen LogP contribution in [0.25, 0.3) is 0 Å². The van der Waals surface area contributed by atoms with E-state index in [9.17, 15) is 9.59 Å². The van der Waals surface area contributed by atoms with Crippen LogP contribution in [0.5, 0.6) is 0 Å². The second kappa shape index (κ2) is 5.29. The molecular weight excluding hydrogens is 222 g/mol. The molecule has 0 saturated carbocycles. The minimum absolute atomic E-state index is 0.561. The third-order valence-electron chi connectivity index (χ3n) is 2.19. The van der Waals surface area contributed by atoms with E-state index >= 15 is 0 Å². The lowest BCUT2D eigenvalue weighted by atomic mass is 10.3. The van der Waals surface area contributed by atoms with Crippen LogP contribution in [0, 0.1) is 13.8 Å². The Balaban J connectivity index is 2.65. The minimum Gasteiger partial charge on any atom is -0.480 e. The van der Waals surface area contributed by atoms with Gasteiger partial charge in [-0.25, -0.2) is 4.79 Å². The Morgan fingerprint density at radius 3 is 2.53 bits per heavy atom. The second-order valence-corrected chi connectivity index (χ2v) is 3.74. The number of aliphatic carboxylic acids is 1. The van der Waals surface area contributed by atoms with Crippen molar-refractivity contribution >= 4 is 17.7 Å². The Morgan fingerprint density at radius 1 is 1.35 bits per heavy atom. The van der Waals surface area contributed by atoms with Crippen LogP contribution in [-0.4, -0.2) is 28.1 Å². The second-order valence-electron chi connectivity index (χ2n) is 3.74. The van der Waals surface area contributed by atoms with Gasteiger partial charge in [0.25, 0.3) is 0 Å². The largest absolute Gasteiger partial charge is 0.480 e. The number of hydrogen-bond acceptors (Lipinski definition) is 3. The summed E-state index contributed by atoms with van der Waals surface area (Å²) in [6, 6.07) is 1.99. The summed E-state index contributed by atoms with van der Waals surface area (Å²) in [5.41, 5.74) is 2.10. The number of rotatable bonds is 3. The first-order valence-corrected chi connectivity index (χ1v) is 5.14. The Bertz CT molecular complexity index is 446. The number of pyridine rings is 1. The molecule has 0 fully saturated rings. The van der Waals surface area contributed by atoms with Gasteiger partial charge in [-0.3, -0.25) is 9.78 Å². The van der Waals surface area contributed by atoms with E-state index in [4.69, 9.17) is 5.11 Å². The zero-order chi connectivity index (χ0) is 13.0.